The van der Waals surface area contributed by atoms with Gasteiger partial charge in [0.1, 0.15) is 12.2 Å². The highest BCUT2D eigenvalue weighted by Crippen LogP contribution is 2.71. The van der Waals surface area contributed by atoms with Crippen molar-refractivity contribution in [3.63, 3.8) is 0 Å². The number of allylic oxidation sites excluding steroid dienone is 1. The topological polar surface area (TPSA) is 52.6 Å². The second kappa shape index (κ2) is 28.5. The summed E-state index contributed by atoms with van der Waals surface area (Å²) < 4.78 is 14.0. The molecule has 0 spiro atoms. The standard InChI is InChI=1S/C74H128O4/c1-12-13-14-15-16-17-18-19-20-21-22-23-24-25-34-56(70(76)78-68-38-29-36-58-40-42-60-64-46-44-62(55(7)33-27-31-53(4)5)72(64,9)50-48-66(60)74(58,68)11)51-69(75)77-67-37-28-35-57-39-41-59-63-45-43-61(54(6)32-26-30-52(2)3)71(63,8)49-47-65(59)73(57,67)10/h25,34,52-68H,12-24,26-33,35-51H2,1-11H3/b34-25+/t54-,55-,56?,57+,58+,59+,60+,61-,62-,63-,64-,65-,66-,67?,68?,71+,72+,73-,74-/m0/s1. The summed E-state index contributed by atoms with van der Waals surface area (Å²) in [5.41, 5.74) is 0.923. The summed E-state index contributed by atoms with van der Waals surface area (Å²) in [7, 11) is 0. The van der Waals surface area contributed by atoms with E-state index in [1.807, 2.05) is 0 Å². The van der Waals surface area contributed by atoms with Gasteiger partial charge < -0.3 is 9.47 Å². The normalized spacial score (nSPS) is 39.4. The van der Waals surface area contributed by atoms with Crippen LogP contribution in [0.5, 0.6) is 0 Å². The van der Waals surface area contributed by atoms with Crippen molar-refractivity contribution in [1.82, 2.24) is 0 Å². The first kappa shape index (κ1) is 62.7. The van der Waals surface area contributed by atoms with Crippen LogP contribution in [0.4, 0.5) is 0 Å². The van der Waals surface area contributed by atoms with Crippen molar-refractivity contribution >= 4 is 11.9 Å². The van der Waals surface area contributed by atoms with E-state index in [9.17, 15) is 4.79 Å². The number of rotatable bonds is 29. The second-order valence-corrected chi connectivity index (χ2v) is 31.8. The molecule has 4 nitrogen and oxygen atoms in total. The Morgan fingerprint density at radius 3 is 1.38 bits per heavy atom. The Bertz CT molecular complexity index is 1870. The van der Waals surface area contributed by atoms with Crippen LogP contribution >= 0.6 is 0 Å². The molecule has 0 aromatic rings. The lowest BCUT2D eigenvalue weighted by Crippen LogP contribution is -2.58. The molecule has 0 aromatic carbocycles. The van der Waals surface area contributed by atoms with Crippen LogP contribution in [0.1, 0.15) is 320 Å². The fraction of sp³-hybridized carbons (Fsp3) is 0.946. The molecule has 8 aliphatic carbocycles. The van der Waals surface area contributed by atoms with Crippen molar-refractivity contribution in [2.24, 2.45) is 110 Å². The first-order valence-electron chi connectivity index (χ1n) is 35.5. The molecular formula is C74H128O4. The van der Waals surface area contributed by atoms with E-state index in [1.54, 1.807) is 0 Å². The average Bonchev–Trinajstić information content (AvgIpc) is 4.12. The second-order valence-electron chi connectivity index (χ2n) is 31.8. The molecule has 8 fully saturated rings. The number of esters is 2. The number of unbranched alkanes of at least 4 members (excludes halogenated alkanes) is 12. The van der Waals surface area contributed by atoms with Crippen LogP contribution in [0.3, 0.4) is 0 Å². The number of hydrogen-bond acceptors (Lipinski definition) is 4. The molecule has 0 aromatic heterocycles. The van der Waals surface area contributed by atoms with Gasteiger partial charge in [0, 0.05) is 10.8 Å². The Hall–Kier alpha value is -1.32. The molecule has 3 unspecified atom stereocenters. The smallest absolute Gasteiger partial charge is 0.313 e. The number of hydrogen-bond donors (Lipinski definition) is 0. The molecule has 0 bridgehead atoms. The number of fused-ring (bicyclic) bond motifs is 10. The van der Waals surface area contributed by atoms with Gasteiger partial charge in [-0.3, -0.25) is 9.59 Å². The summed E-state index contributed by atoms with van der Waals surface area (Å²) >= 11 is 0. The fourth-order valence-electron chi connectivity index (χ4n) is 22.2. The van der Waals surface area contributed by atoms with Gasteiger partial charge in [0.05, 0.1) is 12.3 Å². The van der Waals surface area contributed by atoms with Gasteiger partial charge in [-0.25, -0.2) is 0 Å². The zero-order valence-corrected chi connectivity index (χ0v) is 53.5. The number of carbonyl (C=O) groups is 2. The minimum absolute atomic E-state index is 0.00732. The van der Waals surface area contributed by atoms with Gasteiger partial charge in [0.2, 0.25) is 0 Å². The van der Waals surface area contributed by atoms with E-state index < -0.39 is 5.92 Å². The van der Waals surface area contributed by atoms with E-state index in [1.165, 1.54) is 199 Å². The summed E-state index contributed by atoms with van der Waals surface area (Å²) in [6, 6.07) is 0. The zero-order valence-electron chi connectivity index (χ0n) is 53.5. The predicted octanol–water partition coefficient (Wildman–Crippen LogP) is 21.7. The highest BCUT2D eigenvalue weighted by Gasteiger charge is 2.65. The van der Waals surface area contributed by atoms with Gasteiger partial charge in [-0.1, -0.05) is 197 Å². The highest BCUT2D eigenvalue weighted by molar-refractivity contribution is 5.81. The lowest BCUT2D eigenvalue weighted by Gasteiger charge is -2.62. The molecule has 4 heteroatoms. The Labute approximate surface area is 483 Å². The van der Waals surface area contributed by atoms with Crippen LogP contribution in [0.15, 0.2) is 12.2 Å². The van der Waals surface area contributed by atoms with Gasteiger partial charge in [0.15, 0.2) is 0 Å². The average molecular weight is 1080 g/mol. The van der Waals surface area contributed by atoms with Crippen LogP contribution in [-0.2, 0) is 19.1 Å². The fourth-order valence-corrected chi connectivity index (χ4v) is 22.2. The SMILES string of the molecule is CCCCCCCCCCCCCC/C=C/C(CC(=O)OC1CCC[C@@H]2CC[C@@H]3[C@@H]4CC[C@@H]([C@@H](C)CCCC(C)C)[C@@]4(C)CC[C@@H]3[C@@]12C)C(=O)OC1CCC[C@@H]2CC[C@@H]3[C@@H]4CC[C@@H]([C@@H](C)CCCC(C)C)[C@@]4(C)CC[C@@H]3[C@@]12C. The summed E-state index contributed by atoms with van der Waals surface area (Å²) in [4.78, 5) is 30.0. The van der Waals surface area contributed by atoms with Gasteiger partial charge >= 0.3 is 11.9 Å². The van der Waals surface area contributed by atoms with Gasteiger partial charge in [-0.15, -0.1) is 0 Å². The summed E-state index contributed by atoms with van der Waals surface area (Å²) in [6.45, 7) is 27.7. The third-order valence-corrected chi connectivity index (χ3v) is 26.6. The van der Waals surface area contributed by atoms with Crippen molar-refractivity contribution in [3.05, 3.63) is 12.2 Å². The van der Waals surface area contributed by atoms with E-state index in [-0.39, 0.29) is 41.4 Å². The quantitative estimate of drug-likeness (QED) is 0.0426. The lowest BCUT2D eigenvalue weighted by molar-refractivity contribution is -0.198. The molecule has 0 amide bonds. The maximum Gasteiger partial charge on any atom is 0.313 e. The van der Waals surface area contributed by atoms with Gasteiger partial charge in [-0.2, -0.15) is 0 Å². The Morgan fingerprint density at radius 1 is 0.474 bits per heavy atom. The maximum absolute atomic E-state index is 15.2. The molecule has 0 heterocycles. The summed E-state index contributed by atoms with van der Waals surface area (Å²) in [6.07, 6.45) is 52.7. The van der Waals surface area contributed by atoms with Crippen LogP contribution in [0.2, 0.25) is 0 Å². The molecule has 8 rings (SSSR count). The third kappa shape index (κ3) is 13.9. The van der Waals surface area contributed by atoms with E-state index in [0.717, 1.165) is 97.7 Å². The first-order valence-corrected chi connectivity index (χ1v) is 35.5. The summed E-state index contributed by atoms with van der Waals surface area (Å²) in [5, 5.41) is 0. The van der Waals surface area contributed by atoms with Crippen molar-refractivity contribution in [2.45, 2.75) is 332 Å². The zero-order chi connectivity index (χ0) is 55.7. The summed E-state index contributed by atoms with van der Waals surface area (Å²) in [5.74, 6) is 9.65. The largest absolute Gasteiger partial charge is 0.462 e. The lowest BCUT2D eigenvalue weighted by atomic mass is 9.44. The van der Waals surface area contributed by atoms with Gasteiger partial charge in [0.25, 0.3) is 0 Å². The maximum atomic E-state index is 15.2. The third-order valence-electron chi connectivity index (χ3n) is 26.6. The molecule has 0 saturated heterocycles. The molecule has 78 heavy (non-hydrogen) atoms. The minimum atomic E-state index is -0.583. The van der Waals surface area contributed by atoms with E-state index in [0.29, 0.717) is 34.5 Å². The van der Waals surface area contributed by atoms with E-state index in [4.69, 9.17) is 9.47 Å². The van der Waals surface area contributed by atoms with E-state index in [2.05, 4.69) is 88.3 Å². The number of carbonyl (C=O) groups excluding carboxylic acids is 2. The highest BCUT2D eigenvalue weighted by atomic mass is 16.6. The molecule has 0 aliphatic heterocycles. The van der Waals surface area contributed by atoms with Crippen LogP contribution in [0.25, 0.3) is 0 Å². The Morgan fingerprint density at radius 2 is 0.923 bits per heavy atom. The molecule has 8 aliphatic rings. The van der Waals surface area contributed by atoms with Crippen LogP contribution in [0, 0.1) is 110 Å². The van der Waals surface area contributed by atoms with Crippen molar-refractivity contribution < 1.29 is 19.1 Å². The Kier molecular flexibility index (Phi) is 22.9. The minimum Gasteiger partial charge on any atom is -0.462 e. The van der Waals surface area contributed by atoms with Crippen LogP contribution in [-0.4, -0.2) is 24.1 Å². The van der Waals surface area contributed by atoms with Crippen molar-refractivity contribution in [1.29, 1.82) is 0 Å². The van der Waals surface area contributed by atoms with Crippen LogP contribution < -0.4 is 0 Å². The first-order chi connectivity index (χ1) is 37.5. The molecule has 8 saturated carbocycles. The van der Waals surface area contributed by atoms with Crippen molar-refractivity contribution in [2.75, 3.05) is 0 Å². The predicted molar refractivity (Wildman–Crippen MR) is 329 cm³/mol. The number of ether oxygens (including phenoxy) is 2. The van der Waals surface area contributed by atoms with Crippen molar-refractivity contribution in [3.8, 4) is 0 Å². The molecule has 0 N–H and O–H groups in total. The van der Waals surface area contributed by atoms with Gasteiger partial charge in [-0.05, 0) is 222 Å². The molecule has 19 atom stereocenters. The van der Waals surface area contributed by atoms with E-state index >= 15 is 4.79 Å². The monoisotopic (exact) mass is 1080 g/mol. The molecular weight excluding hydrogens is 953 g/mol. The molecule has 0 radical (unpaired) electrons. The molecule has 448 valence electrons. The Balaban J connectivity index is 0.931.